The third-order valence-corrected chi connectivity index (χ3v) is 2.35. The minimum atomic E-state index is -0.132. The molecule has 92 valence electrons. The number of ether oxygens (including phenoxy) is 1. The van der Waals surface area contributed by atoms with Crippen LogP contribution < -0.4 is 5.69 Å². The summed E-state index contributed by atoms with van der Waals surface area (Å²) in [6, 6.07) is 0. The van der Waals surface area contributed by atoms with Crippen LogP contribution in [0.3, 0.4) is 0 Å². The second-order valence-electron chi connectivity index (χ2n) is 4.08. The van der Waals surface area contributed by atoms with Gasteiger partial charge in [-0.1, -0.05) is 0 Å². The second-order valence-corrected chi connectivity index (χ2v) is 4.08. The van der Waals surface area contributed by atoms with E-state index in [4.69, 9.17) is 4.74 Å². The summed E-state index contributed by atoms with van der Waals surface area (Å²) in [7, 11) is 0. The fourth-order valence-electron chi connectivity index (χ4n) is 1.56. The minimum absolute atomic E-state index is 0.132. The van der Waals surface area contributed by atoms with Gasteiger partial charge in [0.1, 0.15) is 0 Å². The topological polar surface area (TPSA) is 61.4 Å². The Kier molecular flexibility index (Phi) is 3.53. The van der Waals surface area contributed by atoms with Crippen LogP contribution in [0.15, 0.2) is 23.4 Å². The van der Waals surface area contributed by atoms with Crippen molar-refractivity contribution in [2.45, 2.75) is 32.9 Å². The summed E-state index contributed by atoms with van der Waals surface area (Å²) in [6.07, 6.45) is 5.75. The van der Waals surface area contributed by atoms with Crippen molar-refractivity contribution < 1.29 is 4.74 Å². The number of hydrogen-bond donors (Lipinski definition) is 0. The zero-order valence-electron chi connectivity index (χ0n) is 10.0. The van der Waals surface area contributed by atoms with Gasteiger partial charge in [-0.3, -0.25) is 4.98 Å². The van der Waals surface area contributed by atoms with Crippen LogP contribution in [-0.2, 0) is 11.3 Å². The molecule has 0 fully saturated rings. The van der Waals surface area contributed by atoms with Gasteiger partial charge in [0.2, 0.25) is 0 Å². The van der Waals surface area contributed by atoms with Gasteiger partial charge in [0.05, 0.1) is 12.3 Å². The third kappa shape index (κ3) is 2.71. The molecule has 6 nitrogen and oxygen atoms in total. The van der Waals surface area contributed by atoms with Crippen molar-refractivity contribution in [2.24, 2.45) is 0 Å². The van der Waals surface area contributed by atoms with Crippen LogP contribution in [0.1, 0.15) is 20.3 Å². The summed E-state index contributed by atoms with van der Waals surface area (Å²) in [4.78, 5) is 15.8. The maximum Gasteiger partial charge on any atom is 0.350 e. The average Bonchev–Trinajstić information content (AvgIpc) is 2.63. The lowest BCUT2D eigenvalue weighted by Crippen LogP contribution is -2.22. The van der Waals surface area contributed by atoms with E-state index in [2.05, 4.69) is 10.1 Å². The van der Waals surface area contributed by atoms with E-state index in [0.717, 1.165) is 6.42 Å². The van der Waals surface area contributed by atoms with Crippen LogP contribution in [-0.4, -0.2) is 31.9 Å². The van der Waals surface area contributed by atoms with Gasteiger partial charge in [-0.05, 0) is 20.3 Å². The first kappa shape index (κ1) is 11.8. The van der Waals surface area contributed by atoms with Crippen molar-refractivity contribution >= 4 is 5.65 Å². The average molecular weight is 236 g/mol. The molecule has 2 aromatic rings. The molecule has 0 bridgehead atoms. The molecule has 0 atom stereocenters. The van der Waals surface area contributed by atoms with Crippen molar-refractivity contribution in [3.8, 4) is 0 Å². The van der Waals surface area contributed by atoms with Crippen LogP contribution in [0.4, 0.5) is 0 Å². The van der Waals surface area contributed by atoms with E-state index in [-0.39, 0.29) is 11.8 Å². The largest absolute Gasteiger partial charge is 0.379 e. The predicted octanol–water partition coefficient (Wildman–Crippen LogP) is 0.706. The Labute approximate surface area is 98.9 Å². The van der Waals surface area contributed by atoms with Crippen LogP contribution >= 0.6 is 0 Å². The van der Waals surface area contributed by atoms with Crippen molar-refractivity contribution in [3.05, 3.63) is 29.1 Å². The summed E-state index contributed by atoms with van der Waals surface area (Å²) in [6.45, 7) is 5.18. The number of aromatic nitrogens is 4. The monoisotopic (exact) mass is 236 g/mol. The SMILES string of the molecule is CC(C)OCCCn1nc2cnccn2c1=O. The van der Waals surface area contributed by atoms with Gasteiger partial charge < -0.3 is 4.74 Å². The summed E-state index contributed by atoms with van der Waals surface area (Å²) < 4.78 is 8.34. The van der Waals surface area contributed by atoms with Gasteiger partial charge in [-0.2, -0.15) is 0 Å². The number of hydrogen-bond acceptors (Lipinski definition) is 4. The van der Waals surface area contributed by atoms with Crippen LogP contribution in [0.2, 0.25) is 0 Å². The molecule has 0 spiro atoms. The van der Waals surface area contributed by atoms with E-state index < -0.39 is 0 Å². The molecular weight excluding hydrogens is 220 g/mol. The van der Waals surface area contributed by atoms with Crippen molar-refractivity contribution in [1.29, 1.82) is 0 Å². The van der Waals surface area contributed by atoms with Gasteiger partial charge in [0, 0.05) is 25.5 Å². The quantitative estimate of drug-likeness (QED) is 0.717. The number of aryl methyl sites for hydroxylation is 1. The lowest BCUT2D eigenvalue weighted by Gasteiger charge is -2.06. The van der Waals surface area contributed by atoms with Crippen LogP contribution in [0.5, 0.6) is 0 Å². The molecule has 2 heterocycles. The number of rotatable bonds is 5. The lowest BCUT2D eigenvalue weighted by atomic mass is 10.4. The van der Waals surface area contributed by atoms with Crippen molar-refractivity contribution in [1.82, 2.24) is 19.2 Å². The lowest BCUT2D eigenvalue weighted by molar-refractivity contribution is 0.0742. The number of fused-ring (bicyclic) bond motifs is 1. The van der Waals surface area contributed by atoms with Gasteiger partial charge in [0.15, 0.2) is 5.65 Å². The Balaban J connectivity index is 2.04. The second kappa shape index (κ2) is 5.09. The Hall–Kier alpha value is -1.69. The minimum Gasteiger partial charge on any atom is -0.379 e. The molecule has 0 aliphatic carbocycles. The molecule has 2 aromatic heterocycles. The Bertz CT molecular complexity index is 544. The zero-order valence-corrected chi connectivity index (χ0v) is 10.0. The highest BCUT2D eigenvalue weighted by Gasteiger charge is 2.05. The molecule has 0 unspecified atom stereocenters. The van der Waals surface area contributed by atoms with E-state index in [1.165, 1.54) is 9.08 Å². The molecule has 2 rings (SSSR count). The van der Waals surface area contributed by atoms with Gasteiger partial charge in [-0.15, -0.1) is 5.10 Å². The Morgan fingerprint density at radius 3 is 3.00 bits per heavy atom. The maximum atomic E-state index is 11.9. The van der Waals surface area contributed by atoms with Crippen LogP contribution in [0, 0.1) is 0 Å². The highest BCUT2D eigenvalue weighted by molar-refractivity contribution is 5.31. The predicted molar refractivity (Wildman–Crippen MR) is 63.0 cm³/mol. The molecule has 0 N–H and O–H groups in total. The fourth-order valence-corrected chi connectivity index (χ4v) is 1.56. The van der Waals surface area contributed by atoms with Crippen LogP contribution in [0.25, 0.3) is 5.65 Å². The first-order chi connectivity index (χ1) is 8.18. The van der Waals surface area contributed by atoms with Gasteiger partial charge in [0.25, 0.3) is 0 Å². The molecule has 0 aliphatic rings. The fraction of sp³-hybridized carbons (Fsp3) is 0.545. The molecule has 0 aromatic carbocycles. The molecule has 17 heavy (non-hydrogen) atoms. The third-order valence-electron chi connectivity index (χ3n) is 2.35. The Morgan fingerprint density at radius 2 is 2.29 bits per heavy atom. The van der Waals surface area contributed by atoms with E-state index in [1.54, 1.807) is 18.6 Å². The number of nitrogens with zero attached hydrogens (tertiary/aromatic N) is 4. The first-order valence-electron chi connectivity index (χ1n) is 5.69. The zero-order chi connectivity index (χ0) is 12.3. The first-order valence-corrected chi connectivity index (χ1v) is 5.69. The summed E-state index contributed by atoms with van der Waals surface area (Å²) in [5.41, 5.74) is 0.439. The highest BCUT2D eigenvalue weighted by atomic mass is 16.5. The maximum absolute atomic E-state index is 11.9. The molecule has 0 radical (unpaired) electrons. The van der Waals surface area contributed by atoms with E-state index in [0.29, 0.717) is 18.8 Å². The molecular formula is C11H16N4O2. The molecule has 6 heteroatoms. The molecule has 0 amide bonds. The molecule has 0 saturated heterocycles. The highest BCUT2D eigenvalue weighted by Crippen LogP contribution is 1.95. The van der Waals surface area contributed by atoms with E-state index in [9.17, 15) is 4.79 Å². The van der Waals surface area contributed by atoms with E-state index in [1.807, 2.05) is 13.8 Å². The molecule has 0 aliphatic heterocycles. The summed E-state index contributed by atoms with van der Waals surface area (Å²) in [5.74, 6) is 0. The van der Waals surface area contributed by atoms with E-state index >= 15 is 0 Å². The summed E-state index contributed by atoms with van der Waals surface area (Å²) in [5, 5.41) is 4.18. The normalized spacial score (nSPS) is 11.5. The van der Waals surface area contributed by atoms with Crippen molar-refractivity contribution in [2.75, 3.05) is 6.61 Å². The smallest absolute Gasteiger partial charge is 0.350 e. The summed E-state index contributed by atoms with van der Waals surface area (Å²) >= 11 is 0. The molecule has 0 saturated carbocycles. The van der Waals surface area contributed by atoms with Gasteiger partial charge >= 0.3 is 5.69 Å². The van der Waals surface area contributed by atoms with Crippen molar-refractivity contribution in [3.63, 3.8) is 0 Å². The Morgan fingerprint density at radius 1 is 1.47 bits per heavy atom. The standard InChI is InChI=1S/C11H16N4O2/c1-9(2)17-7-3-5-15-11(16)14-6-4-12-8-10(14)13-15/h4,6,8-9H,3,5,7H2,1-2H3. The van der Waals surface area contributed by atoms with Gasteiger partial charge in [-0.25, -0.2) is 13.9 Å².